The molecule has 0 unspecified atom stereocenters. The summed E-state index contributed by atoms with van der Waals surface area (Å²) in [5, 5.41) is 7.27. The van der Waals surface area contributed by atoms with Gasteiger partial charge in [0.2, 0.25) is 10.0 Å². The summed E-state index contributed by atoms with van der Waals surface area (Å²) in [5.41, 5.74) is 5.20. The molecule has 0 fully saturated rings. The zero-order valence-corrected chi connectivity index (χ0v) is 13.8. The van der Waals surface area contributed by atoms with Gasteiger partial charge in [0.15, 0.2) is 0 Å². The average molecular weight is 370 g/mol. The van der Waals surface area contributed by atoms with Crippen LogP contribution in [-0.2, 0) is 20.0 Å². The number of urea groups is 1. The SMILES string of the molecule is NC(=O)Nc1cccc(S(=O)(=O)Nc2cccc(S(N)(=O)=O)c2)c1. The zero-order chi connectivity index (χ0) is 18.0. The number of nitrogens with one attached hydrogen (secondary N) is 2. The summed E-state index contributed by atoms with van der Waals surface area (Å²) in [6, 6.07) is 9.61. The van der Waals surface area contributed by atoms with Gasteiger partial charge in [0.25, 0.3) is 10.0 Å². The number of primary amides is 1. The summed E-state index contributed by atoms with van der Waals surface area (Å²) in [6.45, 7) is 0. The van der Waals surface area contributed by atoms with Gasteiger partial charge in [-0.3, -0.25) is 4.72 Å². The normalized spacial score (nSPS) is 11.7. The molecule has 0 atom stereocenters. The molecule has 0 spiro atoms. The highest BCUT2D eigenvalue weighted by Gasteiger charge is 2.16. The van der Waals surface area contributed by atoms with Crippen molar-refractivity contribution in [2.75, 3.05) is 10.0 Å². The fourth-order valence-electron chi connectivity index (χ4n) is 1.83. The Balaban J connectivity index is 2.34. The summed E-state index contributed by atoms with van der Waals surface area (Å²) in [5.74, 6) is 0. The van der Waals surface area contributed by atoms with E-state index in [0.717, 1.165) is 6.07 Å². The summed E-state index contributed by atoms with van der Waals surface area (Å²) in [7, 11) is -7.97. The van der Waals surface area contributed by atoms with E-state index >= 15 is 0 Å². The number of primary sulfonamides is 1. The summed E-state index contributed by atoms with van der Waals surface area (Å²) in [6.07, 6.45) is 0. The van der Waals surface area contributed by atoms with Crippen molar-refractivity contribution in [1.29, 1.82) is 0 Å². The number of hydrogen-bond donors (Lipinski definition) is 4. The van der Waals surface area contributed by atoms with Crippen LogP contribution in [0.15, 0.2) is 58.3 Å². The van der Waals surface area contributed by atoms with Gasteiger partial charge in [-0.1, -0.05) is 12.1 Å². The monoisotopic (exact) mass is 370 g/mol. The topological polar surface area (TPSA) is 161 Å². The van der Waals surface area contributed by atoms with Gasteiger partial charge < -0.3 is 11.1 Å². The van der Waals surface area contributed by atoms with Crippen molar-refractivity contribution in [2.45, 2.75) is 9.79 Å². The first-order chi connectivity index (χ1) is 11.1. The molecule has 2 rings (SSSR count). The number of hydrogen-bond acceptors (Lipinski definition) is 5. The maximum absolute atomic E-state index is 12.4. The first kappa shape index (κ1) is 17.7. The van der Waals surface area contributed by atoms with Crippen LogP contribution in [0.1, 0.15) is 0 Å². The van der Waals surface area contributed by atoms with E-state index in [1.54, 1.807) is 0 Å². The Kier molecular flexibility index (Phi) is 4.78. The minimum absolute atomic E-state index is 0.0230. The second-order valence-corrected chi connectivity index (χ2v) is 7.94. The van der Waals surface area contributed by atoms with E-state index in [1.165, 1.54) is 42.5 Å². The molecule has 0 aromatic heterocycles. The van der Waals surface area contributed by atoms with Crippen molar-refractivity contribution >= 4 is 37.5 Å². The standard InChI is InChI=1S/C13H14N4O5S2/c14-13(18)16-9-3-1-6-12(7-9)24(21,22)17-10-4-2-5-11(8-10)23(15,19)20/h1-8,17H,(H3,14,16,18)(H2,15,19,20). The number of benzene rings is 2. The highest BCUT2D eigenvalue weighted by molar-refractivity contribution is 7.92. The van der Waals surface area contributed by atoms with Crippen molar-refractivity contribution in [3.8, 4) is 0 Å². The average Bonchev–Trinajstić information content (AvgIpc) is 2.46. The smallest absolute Gasteiger partial charge is 0.316 e. The van der Waals surface area contributed by atoms with Gasteiger partial charge in [0.1, 0.15) is 0 Å². The number of carbonyl (C=O) groups is 1. The van der Waals surface area contributed by atoms with Crippen LogP contribution in [0.2, 0.25) is 0 Å². The van der Waals surface area contributed by atoms with Crippen LogP contribution >= 0.6 is 0 Å². The first-order valence-electron chi connectivity index (χ1n) is 6.40. The van der Waals surface area contributed by atoms with E-state index < -0.39 is 26.1 Å². The summed E-state index contributed by atoms with van der Waals surface area (Å²) in [4.78, 5) is 10.5. The molecule has 128 valence electrons. The lowest BCUT2D eigenvalue weighted by Gasteiger charge is -2.10. The Bertz CT molecular complexity index is 987. The van der Waals surface area contributed by atoms with Crippen LogP contribution in [0.4, 0.5) is 16.2 Å². The summed E-state index contributed by atoms with van der Waals surface area (Å²) < 4.78 is 49.6. The predicted molar refractivity (Wildman–Crippen MR) is 88.3 cm³/mol. The number of nitrogens with two attached hydrogens (primary N) is 2. The van der Waals surface area contributed by atoms with E-state index in [-0.39, 0.29) is 21.2 Å². The van der Waals surface area contributed by atoms with E-state index in [2.05, 4.69) is 10.0 Å². The lowest BCUT2D eigenvalue weighted by Crippen LogP contribution is -2.20. The minimum Gasteiger partial charge on any atom is -0.351 e. The van der Waals surface area contributed by atoms with Crippen molar-refractivity contribution < 1.29 is 21.6 Å². The largest absolute Gasteiger partial charge is 0.351 e. The van der Waals surface area contributed by atoms with Crippen LogP contribution in [0.3, 0.4) is 0 Å². The quantitative estimate of drug-likeness (QED) is 0.606. The summed E-state index contributed by atoms with van der Waals surface area (Å²) >= 11 is 0. The Morgan fingerprint density at radius 2 is 1.42 bits per heavy atom. The lowest BCUT2D eigenvalue weighted by molar-refractivity contribution is 0.259. The molecule has 0 aliphatic heterocycles. The maximum Gasteiger partial charge on any atom is 0.316 e. The Labute approximate surface area is 138 Å². The molecule has 9 nitrogen and oxygen atoms in total. The third-order valence-electron chi connectivity index (χ3n) is 2.83. The van der Waals surface area contributed by atoms with Gasteiger partial charge in [-0.2, -0.15) is 0 Å². The van der Waals surface area contributed by atoms with Crippen LogP contribution in [0.25, 0.3) is 0 Å². The molecule has 2 aromatic rings. The molecule has 0 bridgehead atoms. The Morgan fingerprint density at radius 1 is 0.875 bits per heavy atom. The van der Waals surface area contributed by atoms with Gasteiger partial charge in [0.05, 0.1) is 15.5 Å². The van der Waals surface area contributed by atoms with E-state index in [0.29, 0.717) is 0 Å². The maximum atomic E-state index is 12.4. The second kappa shape index (κ2) is 6.47. The Hall–Kier alpha value is -2.63. The number of sulfonamides is 2. The molecule has 24 heavy (non-hydrogen) atoms. The third kappa shape index (κ3) is 4.44. The fraction of sp³-hybridized carbons (Fsp3) is 0. The van der Waals surface area contributed by atoms with Gasteiger partial charge in [-0.25, -0.2) is 26.8 Å². The number of anilines is 2. The van der Waals surface area contributed by atoms with Crippen LogP contribution in [0, 0.1) is 0 Å². The van der Waals surface area contributed by atoms with Gasteiger partial charge in [-0.05, 0) is 36.4 Å². The molecule has 2 amide bonds. The third-order valence-corrected chi connectivity index (χ3v) is 5.12. The molecule has 2 aromatic carbocycles. The molecule has 6 N–H and O–H groups in total. The van der Waals surface area contributed by atoms with Crippen molar-refractivity contribution in [3.05, 3.63) is 48.5 Å². The highest BCUT2D eigenvalue weighted by Crippen LogP contribution is 2.21. The number of amides is 2. The number of carbonyl (C=O) groups excluding carboxylic acids is 1. The minimum atomic E-state index is -4.01. The molecular weight excluding hydrogens is 356 g/mol. The predicted octanol–water partition coefficient (Wildman–Crippen LogP) is 0.625. The van der Waals surface area contributed by atoms with Crippen LogP contribution < -0.4 is 20.9 Å². The molecular formula is C13H14N4O5S2. The lowest BCUT2D eigenvalue weighted by atomic mass is 10.3. The van der Waals surface area contributed by atoms with Gasteiger partial charge in [-0.15, -0.1) is 0 Å². The molecule has 0 heterocycles. The molecule has 0 aliphatic carbocycles. The molecule has 0 saturated heterocycles. The van der Waals surface area contributed by atoms with E-state index in [4.69, 9.17) is 10.9 Å². The van der Waals surface area contributed by atoms with E-state index in [9.17, 15) is 21.6 Å². The van der Waals surface area contributed by atoms with Crippen LogP contribution in [-0.4, -0.2) is 22.9 Å². The Morgan fingerprint density at radius 3 is 2.00 bits per heavy atom. The number of rotatable bonds is 5. The fourth-order valence-corrected chi connectivity index (χ4v) is 3.49. The highest BCUT2D eigenvalue weighted by atomic mass is 32.2. The molecule has 0 saturated carbocycles. The van der Waals surface area contributed by atoms with Crippen LogP contribution in [0.5, 0.6) is 0 Å². The second-order valence-electron chi connectivity index (χ2n) is 4.70. The molecule has 0 radical (unpaired) electrons. The van der Waals surface area contributed by atoms with E-state index in [1.807, 2.05) is 0 Å². The molecule has 0 aliphatic rings. The van der Waals surface area contributed by atoms with Crippen molar-refractivity contribution in [3.63, 3.8) is 0 Å². The van der Waals surface area contributed by atoms with Gasteiger partial charge in [0, 0.05) is 5.69 Å². The van der Waals surface area contributed by atoms with Gasteiger partial charge >= 0.3 is 6.03 Å². The zero-order valence-electron chi connectivity index (χ0n) is 12.1. The van der Waals surface area contributed by atoms with Crippen molar-refractivity contribution in [2.24, 2.45) is 10.9 Å². The molecule has 11 heteroatoms. The van der Waals surface area contributed by atoms with Crippen molar-refractivity contribution in [1.82, 2.24) is 0 Å². The first-order valence-corrected chi connectivity index (χ1v) is 9.43.